The molecule has 0 aliphatic heterocycles. The summed E-state index contributed by atoms with van der Waals surface area (Å²) in [6, 6.07) is 3.57. The second-order valence-electron chi connectivity index (χ2n) is 8.19. The number of aromatic nitrogens is 1. The number of nitrogens with two attached hydrogens (primary N) is 2. The number of carbonyl (C=O) groups is 5. The molecule has 34 heavy (non-hydrogen) atoms. The first-order valence-corrected chi connectivity index (χ1v) is 10.7. The summed E-state index contributed by atoms with van der Waals surface area (Å²) in [6.45, 7) is 2.83. The molecule has 9 N–H and O–H groups in total. The first kappa shape index (κ1) is 26.3. The van der Waals surface area contributed by atoms with Crippen LogP contribution in [0.4, 0.5) is 0 Å². The summed E-state index contributed by atoms with van der Waals surface area (Å²) in [4.78, 5) is 63.8. The molecule has 0 spiro atoms. The van der Waals surface area contributed by atoms with E-state index < -0.39 is 60.1 Å². The number of carbonyl (C=O) groups excluding carboxylic acids is 4. The van der Waals surface area contributed by atoms with Crippen LogP contribution in [0.2, 0.25) is 0 Å². The number of hydrogen-bond donors (Lipinski definition) is 7. The maximum atomic E-state index is 13.1. The van der Waals surface area contributed by atoms with Gasteiger partial charge in [0.25, 0.3) is 0 Å². The van der Waals surface area contributed by atoms with E-state index in [1.807, 2.05) is 24.3 Å². The van der Waals surface area contributed by atoms with Gasteiger partial charge in [0.2, 0.25) is 23.6 Å². The van der Waals surface area contributed by atoms with Crippen LogP contribution < -0.4 is 27.4 Å². The van der Waals surface area contributed by atoms with Crippen LogP contribution in [0, 0.1) is 5.92 Å². The average Bonchev–Trinajstić information content (AvgIpc) is 3.18. The van der Waals surface area contributed by atoms with Crippen molar-refractivity contribution in [1.29, 1.82) is 0 Å². The van der Waals surface area contributed by atoms with E-state index in [0.29, 0.717) is 0 Å². The highest BCUT2D eigenvalue weighted by Crippen LogP contribution is 2.19. The Balaban J connectivity index is 2.25. The highest BCUT2D eigenvalue weighted by Gasteiger charge is 2.31. The first-order chi connectivity index (χ1) is 16.0. The van der Waals surface area contributed by atoms with Gasteiger partial charge in [-0.05, 0) is 17.5 Å². The zero-order valence-electron chi connectivity index (χ0n) is 19.0. The Labute approximate surface area is 195 Å². The molecule has 184 valence electrons. The summed E-state index contributed by atoms with van der Waals surface area (Å²) >= 11 is 0. The number of fused-ring (bicyclic) bond motifs is 1. The molecule has 0 aliphatic rings. The van der Waals surface area contributed by atoms with Gasteiger partial charge in [-0.1, -0.05) is 32.0 Å². The fraction of sp³-hybridized carbons (Fsp3) is 0.409. The van der Waals surface area contributed by atoms with Crippen molar-refractivity contribution in [3.8, 4) is 0 Å². The fourth-order valence-corrected chi connectivity index (χ4v) is 3.43. The lowest BCUT2D eigenvalue weighted by Crippen LogP contribution is -2.58. The van der Waals surface area contributed by atoms with Crippen LogP contribution in [0.1, 0.15) is 25.8 Å². The van der Waals surface area contributed by atoms with Crippen LogP contribution in [0.5, 0.6) is 0 Å². The summed E-state index contributed by atoms with van der Waals surface area (Å²) in [5.41, 5.74) is 12.2. The van der Waals surface area contributed by atoms with Crippen molar-refractivity contribution in [1.82, 2.24) is 20.9 Å². The van der Waals surface area contributed by atoms with Gasteiger partial charge in [0.05, 0.1) is 13.0 Å². The standard InChI is InChI=1S/C22H30N6O6/c1-11(2)19(22(33)34)28-21(32)16(8-17(24)29)27-20(31)15(26-18(30)9-23)7-12-10-25-14-6-4-3-5-13(12)14/h3-6,10-11,15-16,19,25H,7-9,23H2,1-2H3,(H2,24,29)(H,26,30)(H,27,31)(H,28,32)(H,33,34). The summed E-state index contributed by atoms with van der Waals surface area (Å²) in [5, 5.41) is 17.4. The van der Waals surface area contributed by atoms with Gasteiger partial charge in [0, 0.05) is 23.5 Å². The van der Waals surface area contributed by atoms with Gasteiger partial charge in [0.15, 0.2) is 0 Å². The summed E-state index contributed by atoms with van der Waals surface area (Å²) in [5.74, 6) is -4.84. The average molecular weight is 475 g/mol. The molecular weight excluding hydrogens is 444 g/mol. The number of rotatable bonds is 12. The van der Waals surface area contributed by atoms with E-state index in [2.05, 4.69) is 20.9 Å². The maximum absolute atomic E-state index is 13.1. The van der Waals surface area contributed by atoms with Crippen LogP contribution in [0.15, 0.2) is 30.5 Å². The Kier molecular flexibility index (Phi) is 9.13. The number of benzene rings is 1. The van der Waals surface area contributed by atoms with E-state index in [9.17, 15) is 29.1 Å². The molecule has 0 bridgehead atoms. The van der Waals surface area contributed by atoms with E-state index in [1.165, 1.54) is 0 Å². The zero-order valence-corrected chi connectivity index (χ0v) is 19.0. The van der Waals surface area contributed by atoms with Crippen LogP contribution in [0.3, 0.4) is 0 Å². The number of para-hydroxylation sites is 1. The van der Waals surface area contributed by atoms with Crippen LogP contribution in [-0.4, -0.2) is 64.4 Å². The molecule has 1 aromatic heterocycles. The minimum absolute atomic E-state index is 0.0657. The van der Waals surface area contributed by atoms with Gasteiger partial charge in [-0.2, -0.15) is 0 Å². The molecule has 0 saturated carbocycles. The van der Waals surface area contributed by atoms with Crippen LogP contribution >= 0.6 is 0 Å². The zero-order chi connectivity index (χ0) is 25.4. The first-order valence-electron chi connectivity index (χ1n) is 10.7. The highest BCUT2D eigenvalue weighted by molar-refractivity contribution is 5.96. The number of aliphatic carboxylic acids is 1. The van der Waals surface area contributed by atoms with E-state index in [4.69, 9.17) is 11.5 Å². The molecular formula is C22H30N6O6. The Morgan fingerprint density at radius 2 is 1.65 bits per heavy atom. The SMILES string of the molecule is CC(C)C(NC(=O)C(CC(N)=O)NC(=O)C(Cc1c[nH]c2ccccc12)NC(=O)CN)C(=O)O. The third kappa shape index (κ3) is 7.04. The van der Waals surface area contributed by atoms with Crippen molar-refractivity contribution in [3.05, 3.63) is 36.0 Å². The van der Waals surface area contributed by atoms with Gasteiger partial charge >= 0.3 is 5.97 Å². The number of aromatic amines is 1. The normalized spacial score (nSPS) is 13.6. The molecule has 0 fully saturated rings. The Bertz CT molecular complexity index is 1070. The second kappa shape index (κ2) is 11.8. The predicted molar refractivity (Wildman–Crippen MR) is 123 cm³/mol. The molecule has 4 amide bonds. The van der Waals surface area contributed by atoms with Crippen molar-refractivity contribution in [2.45, 2.75) is 44.8 Å². The minimum Gasteiger partial charge on any atom is -0.480 e. The fourth-order valence-electron chi connectivity index (χ4n) is 3.43. The van der Waals surface area contributed by atoms with Gasteiger partial charge < -0.3 is 37.5 Å². The molecule has 1 heterocycles. The minimum atomic E-state index is -1.44. The third-order valence-corrected chi connectivity index (χ3v) is 5.20. The third-order valence-electron chi connectivity index (χ3n) is 5.20. The van der Waals surface area contributed by atoms with Crippen molar-refractivity contribution < 1.29 is 29.1 Å². The van der Waals surface area contributed by atoms with E-state index in [1.54, 1.807) is 20.0 Å². The maximum Gasteiger partial charge on any atom is 0.326 e. The lowest BCUT2D eigenvalue weighted by atomic mass is 10.0. The van der Waals surface area contributed by atoms with Gasteiger partial charge in [-0.25, -0.2) is 4.79 Å². The second-order valence-corrected chi connectivity index (χ2v) is 8.19. The summed E-state index contributed by atoms with van der Waals surface area (Å²) in [6.07, 6.45) is 1.20. The largest absolute Gasteiger partial charge is 0.480 e. The predicted octanol–water partition coefficient (Wildman–Crippen LogP) is -1.26. The van der Waals surface area contributed by atoms with Crippen molar-refractivity contribution in [3.63, 3.8) is 0 Å². The number of hydrogen-bond acceptors (Lipinski definition) is 6. The van der Waals surface area contributed by atoms with E-state index in [-0.39, 0.29) is 13.0 Å². The number of primary amides is 1. The molecule has 0 aliphatic carbocycles. The molecule has 12 heteroatoms. The van der Waals surface area contributed by atoms with E-state index in [0.717, 1.165) is 16.5 Å². The highest BCUT2D eigenvalue weighted by atomic mass is 16.4. The summed E-state index contributed by atoms with van der Waals surface area (Å²) in [7, 11) is 0. The van der Waals surface area contributed by atoms with Gasteiger partial charge in [-0.3, -0.25) is 19.2 Å². The topological polar surface area (TPSA) is 209 Å². The quantitative estimate of drug-likeness (QED) is 0.198. The van der Waals surface area contributed by atoms with Gasteiger partial charge in [-0.15, -0.1) is 0 Å². The lowest BCUT2D eigenvalue weighted by Gasteiger charge is -2.25. The molecule has 1 aromatic carbocycles. The van der Waals surface area contributed by atoms with Crippen molar-refractivity contribution in [2.24, 2.45) is 17.4 Å². The van der Waals surface area contributed by atoms with Crippen molar-refractivity contribution >= 4 is 40.5 Å². The van der Waals surface area contributed by atoms with Crippen LogP contribution in [0.25, 0.3) is 10.9 Å². The Hall–Kier alpha value is -3.93. The Morgan fingerprint density at radius 1 is 1.00 bits per heavy atom. The number of carboxylic acids is 1. The number of nitrogens with one attached hydrogen (secondary N) is 4. The number of carboxylic acid groups (broad SMARTS) is 1. The molecule has 3 atom stereocenters. The molecule has 2 rings (SSSR count). The molecule has 0 radical (unpaired) electrons. The van der Waals surface area contributed by atoms with Gasteiger partial charge in [0.1, 0.15) is 18.1 Å². The van der Waals surface area contributed by atoms with Crippen molar-refractivity contribution in [2.75, 3.05) is 6.54 Å². The smallest absolute Gasteiger partial charge is 0.326 e. The molecule has 3 unspecified atom stereocenters. The molecule has 2 aromatic rings. The number of H-pyrrole nitrogens is 1. The number of amides is 4. The van der Waals surface area contributed by atoms with Crippen LogP contribution in [-0.2, 0) is 30.4 Å². The molecule has 0 saturated heterocycles. The van der Waals surface area contributed by atoms with E-state index >= 15 is 0 Å². The molecule has 12 nitrogen and oxygen atoms in total. The lowest BCUT2D eigenvalue weighted by molar-refractivity contribution is -0.143. The summed E-state index contributed by atoms with van der Waals surface area (Å²) < 4.78 is 0. The Morgan fingerprint density at radius 3 is 2.24 bits per heavy atom. The monoisotopic (exact) mass is 474 g/mol.